The predicted octanol–water partition coefficient (Wildman–Crippen LogP) is 1.71. The summed E-state index contributed by atoms with van der Waals surface area (Å²) in [7, 11) is 0. The molecule has 2 atom stereocenters. The van der Waals surface area contributed by atoms with Crippen molar-refractivity contribution in [2.24, 2.45) is 5.92 Å². The molecule has 2 unspecified atom stereocenters. The Morgan fingerprint density at radius 2 is 2.26 bits per heavy atom. The SMILES string of the molecule is OCc1ccncc1N1CCC2(O)CCCCC2C1. The maximum absolute atomic E-state index is 10.7. The second-order valence-electron chi connectivity index (χ2n) is 5.90. The summed E-state index contributed by atoms with van der Waals surface area (Å²) in [5, 5.41) is 20.1. The predicted molar refractivity (Wildman–Crippen MR) is 73.9 cm³/mol. The Balaban J connectivity index is 1.81. The van der Waals surface area contributed by atoms with Crippen LogP contribution in [0.5, 0.6) is 0 Å². The first kappa shape index (κ1) is 12.9. The van der Waals surface area contributed by atoms with Crippen LogP contribution < -0.4 is 4.90 Å². The van der Waals surface area contributed by atoms with Gasteiger partial charge in [0.2, 0.25) is 0 Å². The second-order valence-corrected chi connectivity index (χ2v) is 5.90. The van der Waals surface area contributed by atoms with Crippen LogP contribution in [-0.4, -0.2) is 33.9 Å². The van der Waals surface area contributed by atoms with Crippen molar-refractivity contribution in [3.05, 3.63) is 24.0 Å². The van der Waals surface area contributed by atoms with E-state index in [1.54, 1.807) is 6.20 Å². The molecule has 2 heterocycles. The molecular weight excluding hydrogens is 240 g/mol. The van der Waals surface area contributed by atoms with E-state index in [1.807, 2.05) is 12.3 Å². The molecule has 0 amide bonds. The molecule has 19 heavy (non-hydrogen) atoms. The summed E-state index contributed by atoms with van der Waals surface area (Å²) >= 11 is 0. The molecule has 1 aromatic rings. The van der Waals surface area contributed by atoms with Gasteiger partial charge in [0, 0.05) is 30.8 Å². The zero-order valence-corrected chi connectivity index (χ0v) is 11.3. The van der Waals surface area contributed by atoms with Crippen molar-refractivity contribution < 1.29 is 10.2 Å². The molecule has 3 rings (SSSR count). The Hall–Kier alpha value is -1.13. The van der Waals surface area contributed by atoms with Crippen LogP contribution in [0.3, 0.4) is 0 Å². The molecule has 4 nitrogen and oxygen atoms in total. The fourth-order valence-electron chi connectivity index (χ4n) is 3.62. The average molecular weight is 262 g/mol. The summed E-state index contributed by atoms with van der Waals surface area (Å²) < 4.78 is 0. The number of piperidine rings is 1. The van der Waals surface area contributed by atoms with Gasteiger partial charge >= 0.3 is 0 Å². The molecule has 4 heteroatoms. The highest BCUT2D eigenvalue weighted by atomic mass is 16.3. The van der Waals surface area contributed by atoms with E-state index >= 15 is 0 Å². The molecule has 1 aromatic heterocycles. The minimum absolute atomic E-state index is 0.0449. The number of pyridine rings is 1. The quantitative estimate of drug-likeness (QED) is 0.852. The van der Waals surface area contributed by atoms with Crippen LogP contribution in [0, 0.1) is 5.92 Å². The van der Waals surface area contributed by atoms with Crippen LogP contribution in [0.2, 0.25) is 0 Å². The van der Waals surface area contributed by atoms with Gasteiger partial charge in [-0.15, -0.1) is 0 Å². The first-order valence-electron chi connectivity index (χ1n) is 7.24. The van der Waals surface area contributed by atoms with Crippen LogP contribution in [0.4, 0.5) is 5.69 Å². The Labute approximate surface area is 114 Å². The van der Waals surface area contributed by atoms with Crippen molar-refractivity contribution in [2.75, 3.05) is 18.0 Å². The van der Waals surface area contributed by atoms with Gasteiger partial charge in [0.15, 0.2) is 0 Å². The van der Waals surface area contributed by atoms with Gasteiger partial charge in [-0.1, -0.05) is 12.8 Å². The molecule has 2 fully saturated rings. The third-order valence-electron chi connectivity index (χ3n) is 4.83. The summed E-state index contributed by atoms with van der Waals surface area (Å²) in [6, 6.07) is 1.87. The fraction of sp³-hybridized carbons (Fsp3) is 0.667. The van der Waals surface area contributed by atoms with Crippen molar-refractivity contribution in [2.45, 2.75) is 44.3 Å². The molecule has 2 aliphatic rings. The Morgan fingerprint density at radius 1 is 1.37 bits per heavy atom. The number of nitrogens with zero attached hydrogens (tertiary/aromatic N) is 2. The summed E-state index contributed by atoms with van der Waals surface area (Å²) in [5.74, 6) is 0.363. The van der Waals surface area contributed by atoms with Crippen molar-refractivity contribution in [3.8, 4) is 0 Å². The van der Waals surface area contributed by atoms with Crippen LogP contribution >= 0.6 is 0 Å². The summed E-state index contributed by atoms with van der Waals surface area (Å²) in [4.78, 5) is 6.46. The van der Waals surface area contributed by atoms with Crippen LogP contribution in [-0.2, 0) is 6.61 Å². The van der Waals surface area contributed by atoms with Gasteiger partial charge in [0.25, 0.3) is 0 Å². The first-order chi connectivity index (χ1) is 9.23. The van der Waals surface area contributed by atoms with Crippen molar-refractivity contribution in [3.63, 3.8) is 0 Å². The summed E-state index contributed by atoms with van der Waals surface area (Å²) in [6.07, 6.45) is 8.82. The van der Waals surface area contributed by atoms with Gasteiger partial charge in [-0.2, -0.15) is 0 Å². The average Bonchev–Trinajstić information content (AvgIpc) is 2.46. The maximum atomic E-state index is 10.7. The number of aromatic nitrogens is 1. The normalized spacial score (nSPS) is 31.1. The van der Waals surface area contributed by atoms with Crippen molar-refractivity contribution >= 4 is 5.69 Å². The Morgan fingerprint density at radius 3 is 3.11 bits per heavy atom. The van der Waals surface area contributed by atoms with Gasteiger partial charge < -0.3 is 15.1 Å². The highest BCUT2D eigenvalue weighted by Gasteiger charge is 2.42. The van der Waals surface area contributed by atoms with E-state index in [2.05, 4.69) is 9.88 Å². The van der Waals surface area contributed by atoms with Crippen molar-refractivity contribution in [1.29, 1.82) is 0 Å². The Kier molecular flexibility index (Phi) is 3.46. The number of hydrogen-bond acceptors (Lipinski definition) is 4. The lowest BCUT2D eigenvalue weighted by molar-refractivity contribution is -0.0613. The number of fused-ring (bicyclic) bond motifs is 1. The third kappa shape index (κ3) is 2.35. The molecule has 0 spiro atoms. The van der Waals surface area contributed by atoms with Gasteiger partial charge in [-0.05, 0) is 25.3 Å². The maximum Gasteiger partial charge on any atom is 0.0709 e. The first-order valence-corrected chi connectivity index (χ1v) is 7.24. The largest absolute Gasteiger partial charge is 0.392 e. The van der Waals surface area contributed by atoms with Gasteiger partial charge in [-0.25, -0.2) is 0 Å². The zero-order valence-electron chi connectivity index (χ0n) is 11.3. The number of aliphatic hydroxyl groups excluding tert-OH is 1. The molecule has 1 saturated carbocycles. The van der Waals surface area contributed by atoms with E-state index in [0.717, 1.165) is 50.0 Å². The number of anilines is 1. The lowest BCUT2D eigenvalue weighted by Gasteiger charge is -2.48. The van der Waals surface area contributed by atoms with E-state index in [0.29, 0.717) is 5.92 Å². The fourth-order valence-corrected chi connectivity index (χ4v) is 3.62. The standard InChI is InChI=1S/C15H22N2O2/c18-11-12-4-7-16-9-14(12)17-8-6-15(19)5-2-1-3-13(15)10-17/h4,7,9,13,18-19H,1-3,5-6,8,10-11H2. The third-order valence-corrected chi connectivity index (χ3v) is 4.83. The van der Waals surface area contributed by atoms with Crippen LogP contribution in [0.1, 0.15) is 37.7 Å². The highest BCUT2D eigenvalue weighted by Crippen LogP contribution is 2.41. The summed E-state index contributed by atoms with van der Waals surface area (Å²) in [6.45, 7) is 1.78. The van der Waals surface area contributed by atoms with E-state index in [1.165, 1.54) is 6.42 Å². The molecule has 0 aromatic carbocycles. The van der Waals surface area contributed by atoms with E-state index in [9.17, 15) is 10.2 Å². The number of hydrogen-bond donors (Lipinski definition) is 2. The molecule has 104 valence electrons. The molecule has 1 saturated heterocycles. The molecule has 0 bridgehead atoms. The lowest BCUT2D eigenvalue weighted by atomic mass is 9.71. The monoisotopic (exact) mass is 262 g/mol. The number of rotatable bonds is 2. The molecule has 2 N–H and O–H groups in total. The van der Waals surface area contributed by atoms with Gasteiger partial charge in [0.05, 0.1) is 24.1 Å². The molecule has 1 aliphatic heterocycles. The highest BCUT2D eigenvalue weighted by molar-refractivity contribution is 5.52. The lowest BCUT2D eigenvalue weighted by Crippen LogP contribution is -2.53. The van der Waals surface area contributed by atoms with E-state index in [4.69, 9.17) is 0 Å². The summed E-state index contributed by atoms with van der Waals surface area (Å²) in [5.41, 5.74) is 1.50. The molecule has 1 aliphatic carbocycles. The topological polar surface area (TPSA) is 56.6 Å². The molecule has 0 radical (unpaired) electrons. The smallest absolute Gasteiger partial charge is 0.0709 e. The van der Waals surface area contributed by atoms with Crippen molar-refractivity contribution in [1.82, 2.24) is 4.98 Å². The Bertz CT molecular complexity index is 452. The van der Waals surface area contributed by atoms with Gasteiger partial charge in [-0.3, -0.25) is 4.98 Å². The number of aliphatic hydroxyl groups is 2. The van der Waals surface area contributed by atoms with Crippen LogP contribution in [0.15, 0.2) is 18.5 Å². The van der Waals surface area contributed by atoms with Gasteiger partial charge in [0.1, 0.15) is 0 Å². The minimum Gasteiger partial charge on any atom is -0.392 e. The zero-order chi connectivity index (χ0) is 13.3. The minimum atomic E-state index is -0.448. The molecular formula is C15H22N2O2. The second kappa shape index (κ2) is 5.10. The van der Waals surface area contributed by atoms with Crippen LogP contribution in [0.25, 0.3) is 0 Å². The van der Waals surface area contributed by atoms with E-state index < -0.39 is 5.60 Å². The van der Waals surface area contributed by atoms with E-state index in [-0.39, 0.29) is 6.61 Å².